The van der Waals surface area contributed by atoms with Gasteiger partial charge in [0, 0.05) is 24.8 Å². The van der Waals surface area contributed by atoms with Gasteiger partial charge in [0.25, 0.3) is 0 Å². The molecule has 0 aliphatic rings. The maximum absolute atomic E-state index is 5.44. The maximum atomic E-state index is 5.44. The number of aromatic nitrogens is 1. The summed E-state index contributed by atoms with van der Waals surface area (Å²) >= 11 is 0. The van der Waals surface area contributed by atoms with E-state index in [1.165, 1.54) is 0 Å². The highest BCUT2D eigenvalue weighted by atomic mass is 16.5. The van der Waals surface area contributed by atoms with E-state index in [9.17, 15) is 0 Å². The monoisotopic (exact) mass is 237 g/mol. The van der Waals surface area contributed by atoms with Gasteiger partial charge in [0.05, 0.1) is 12.3 Å². The topological polar surface area (TPSA) is 46.2 Å². The van der Waals surface area contributed by atoms with Crippen LogP contribution in [0, 0.1) is 0 Å². The number of pyridine rings is 1. The van der Waals surface area contributed by atoms with Gasteiger partial charge in [-0.25, -0.2) is 4.98 Å². The van der Waals surface area contributed by atoms with Crippen molar-refractivity contribution in [3.05, 3.63) is 18.3 Å². The number of hydrogen-bond acceptors (Lipinski definition) is 4. The minimum atomic E-state index is 0.152. The van der Waals surface area contributed by atoms with Crippen molar-refractivity contribution in [2.75, 3.05) is 25.0 Å². The molecule has 2 N–H and O–H groups in total. The summed E-state index contributed by atoms with van der Waals surface area (Å²) in [4.78, 5) is 4.19. The van der Waals surface area contributed by atoms with Gasteiger partial charge in [-0.3, -0.25) is 0 Å². The number of nitrogens with zero attached hydrogens (tertiary/aromatic N) is 1. The maximum Gasteiger partial charge on any atom is 0.237 e. The molecule has 0 fully saturated rings. The first-order valence-corrected chi connectivity index (χ1v) is 6.09. The SMILES string of the molecule is CCOc1ncccc1NCCNC(C)(C)C. The summed E-state index contributed by atoms with van der Waals surface area (Å²) in [7, 11) is 0. The van der Waals surface area contributed by atoms with Crippen LogP contribution >= 0.6 is 0 Å². The highest BCUT2D eigenvalue weighted by molar-refractivity contribution is 5.51. The lowest BCUT2D eigenvalue weighted by Crippen LogP contribution is -2.38. The van der Waals surface area contributed by atoms with Gasteiger partial charge in [-0.15, -0.1) is 0 Å². The standard InChI is InChI=1S/C13H23N3O/c1-5-17-12-11(7-6-8-15-12)14-9-10-16-13(2,3)4/h6-8,14,16H,5,9-10H2,1-4H3. The minimum absolute atomic E-state index is 0.152. The van der Waals surface area contributed by atoms with Gasteiger partial charge in [0.15, 0.2) is 0 Å². The van der Waals surface area contributed by atoms with E-state index < -0.39 is 0 Å². The summed E-state index contributed by atoms with van der Waals surface area (Å²) < 4.78 is 5.44. The fraction of sp³-hybridized carbons (Fsp3) is 0.615. The van der Waals surface area contributed by atoms with Gasteiger partial charge < -0.3 is 15.4 Å². The van der Waals surface area contributed by atoms with Crippen LogP contribution in [0.3, 0.4) is 0 Å². The number of ether oxygens (including phenoxy) is 1. The van der Waals surface area contributed by atoms with Crippen molar-refractivity contribution in [3.63, 3.8) is 0 Å². The average Bonchev–Trinajstić information content (AvgIpc) is 2.25. The highest BCUT2D eigenvalue weighted by Crippen LogP contribution is 2.19. The molecule has 0 aliphatic carbocycles. The normalized spacial score (nSPS) is 11.3. The molecular formula is C13H23N3O. The Morgan fingerprint density at radius 2 is 2.06 bits per heavy atom. The van der Waals surface area contributed by atoms with Gasteiger partial charge >= 0.3 is 0 Å². The fourth-order valence-electron chi connectivity index (χ4n) is 1.41. The van der Waals surface area contributed by atoms with Crippen LogP contribution in [0.2, 0.25) is 0 Å². The molecule has 0 atom stereocenters. The molecule has 1 rings (SSSR count). The average molecular weight is 237 g/mol. The Hall–Kier alpha value is -1.29. The fourth-order valence-corrected chi connectivity index (χ4v) is 1.41. The van der Waals surface area contributed by atoms with Crippen molar-refractivity contribution in [1.82, 2.24) is 10.3 Å². The summed E-state index contributed by atoms with van der Waals surface area (Å²) in [5, 5.41) is 6.74. The molecule has 1 aromatic rings. The molecule has 0 radical (unpaired) electrons. The Morgan fingerprint density at radius 1 is 1.29 bits per heavy atom. The molecule has 0 aromatic carbocycles. The predicted molar refractivity (Wildman–Crippen MR) is 71.7 cm³/mol. The first-order chi connectivity index (χ1) is 8.03. The van der Waals surface area contributed by atoms with E-state index in [0.717, 1.165) is 18.8 Å². The second-order valence-corrected chi connectivity index (χ2v) is 4.89. The first kappa shape index (κ1) is 13.8. The van der Waals surface area contributed by atoms with Crippen LogP contribution in [-0.2, 0) is 0 Å². The predicted octanol–water partition coefficient (Wildman–Crippen LogP) is 2.28. The second kappa shape index (κ2) is 6.45. The number of rotatable bonds is 6. The molecule has 0 saturated heterocycles. The Morgan fingerprint density at radius 3 is 2.71 bits per heavy atom. The summed E-state index contributed by atoms with van der Waals surface area (Å²) in [5.41, 5.74) is 1.10. The third-order valence-electron chi connectivity index (χ3n) is 2.15. The van der Waals surface area contributed by atoms with E-state index in [1.807, 2.05) is 19.1 Å². The van der Waals surface area contributed by atoms with E-state index in [2.05, 4.69) is 36.4 Å². The van der Waals surface area contributed by atoms with Crippen LogP contribution < -0.4 is 15.4 Å². The summed E-state index contributed by atoms with van der Waals surface area (Å²) in [6, 6.07) is 3.89. The highest BCUT2D eigenvalue weighted by Gasteiger charge is 2.08. The van der Waals surface area contributed by atoms with E-state index >= 15 is 0 Å². The molecule has 0 spiro atoms. The molecule has 96 valence electrons. The van der Waals surface area contributed by atoms with E-state index in [-0.39, 0.29) is 5.54 Å². The van der Waals surface area contributed by atoms with Crippen molar-refractivity contribution in [2.45, 2.75) is 33.2 Å². The molecule has 0 unspecified atom stereocenters. The van der Waals surface area contributed by atoms with Crippen LogP contribution in [0.4, 0.5) is 5.69 Å². The summed E-state index contributed by atoms with van der Waals surface area (Å²) in [6.45, 7) is 10.8. The second-order valence-electron chi connectivity index (χ2n) is 4.89. The number of hydrogen-bond donors (Lipinski definition) is 2. The smallest absolute Gasteiger partial charge is 0.237 e. The lowest BCUT2D eigenvalue weighted by Gasteiger charge is -2.21. The molecule has 1 aromatic heterocycles. The molecule has 0 saturated carbocycles. The van der Waals surface area contributed by atoms with Crippen LogP contribution in [0.1, 0.15) is 27.7 Å². The largest absolute Gasteiger partial charge is 0.476 e. The third kappa shape index (κ3) is 5.54. The molecule has 0 bridgehead atoms. The van der Waals surface area contributed by atoms with Crippen molar-refractivity contribution < 1.29 is 4.74 Å². The third-order valence-corrected chi connectivity index (χ3v) is 2.15. The molecule has 0 aliphatic heterocycles. The van der Waals surface area contributed by atoms with Gasteiger partial charge in [0.2, 0.25) is 5.88 Å². The molecule has 17 heavy (non-hydrogen) atoms. The number of anilines is 1. The lowest BCUT2D eigenvalue weighted by atomic mass is 10.1. The lowest BCUT2D eigenvalue weighted by molar-refractivity contribution is 0.328. The zero-order valence-electron chi connectivity index (χ0n) is 11.2. The first-order valence-electron chi connectivity index (χ1n) is 6.09. The van der Waals surface area contributed by atoms with Crippen molar-refractivity contribution in [3.8, 4) is 5.88 Å². The molecule has 4 nitrogen and oxygen atoms in total. The van der Waals surface area contributed by atoms with Gasteiger partial charge in [0.1, 0.15) is 0 Å². The van der Waals surface area contributed by atoms with E-state index in [1.54, 1.807) is 6.20 Å². The zero-order valence-corrected chi connectivity index (χ0v) is 11.2. The minimum Gasteiger partial charge on any atom is -0.476 e. The molecule has 1 heterocycles. The van der Waals surface area contributed by atoms with Gasteiger partial charge in [-0.2, -0.15) is 0 Å². The molecular weight excluding hydrogens is 214 g/mol. The van der Waals surface area contributed by atoms with Crippen LogP contribution in [-0.4, -0.2) is 30.2 Å². The summed E-state index contributed by atoms with van der Waals surface area (Å²) in [6.07, 6.45) is 1.74. The van der Waals surface area contributed by atoms with E-state index in [4.69, 9.17) is 4.74 Å². The number of nitrogens with one attached hydrogen (secondary N) is 2. The molecule has 4 heteroatoms. The Labute approximate surface area is 104 Å². The van der Waals surface area contributed by atoms with Crippen LogP contribution in [0.5, 0.6) is 5.88 Å². The Kier molecular flexibility index (Phi) is 5.22. The Bertz CT molecular complexity index is 334. The van der Waals surface area contributed by atoms with Crippen LogP contribution in [0.25, 0.3) is 0 Å². The van der Waals surface area contributed by atoms with Gasteiger partial charge in [-0.05, 0) is 39.8 Å². The van der Waals surface area contributed by atoms with Crippen LogP contribution in [0.15, 0.2) is 18.3 Å². The van der Waals surface area contributed by atoms with Crippen molar-refractivity contribution >= 4 is 5.69 Å². The van der Waals surface area contributed by atoms with Crippen molar-refractivity contribution in [2.24, 2.45) is 0 Å². The molecule has 0 amide bonds. The quantitative estimate of drug-likeness (QED) is 0.745. The van der Waals surface area contributed by atoms with Crippen molar-refractivity contribution in [1.29, 1.82) is 0 Å². The zero-order chi connectivity index (χ0) is 12.7. The summed E-state index contributed by atoms with van der Waals surface area (Å²) in [5.74, 6) is 0.672. The van der Waals surface area contributed by atoms with Gasteiger partial charge in [-0.1, -0.05) is 0 Å². The Balaban J connectivity index is 2.41. The van der Waals surface area contributed by atoms with E-state index in [0.29, 0.717) is 12.5 Å².